The van der Waals surface area contributed by atoms with Gasteiger partial charge in [-0.05, 0) is 0 Å². The zero-order valence-corrected chi connectivity index (χ0v) is 9.23. The fourth-order valence-corrected chi connectivity index (χ4v) is 0. The zero-order chi connectivity index (χ0) is 5.15. The van der Waals surface area contributed by atoms with Crippen LogP contribution in [0.1, 0.15) is 0 Å². The number of rotatable bonds is 1. The van der Waals surface area contributed by atoms with Crippen molar-refractivity contribution in [2.24, 2.45) is 0 Å². The van der Waals surface area contributed by atoms with Crippen molar-refractivity contribution in [1.82, 2.24) is 0 Å². The minimum absolute atomic E-state index is 0. The van der Waals surface area contributed by atoms with Crippen molar-refractivity contribution < 1.29 is 17.5 Å². The Labute approximate surface area is 85.1 Å². The summed E-state index contributed by atoms with van der Waals surface area (Å²) in [5, 5.41) is 0. The Kier molecular flexibility index (Phi) is 9.79. The van der Waals surface area contributed by atoms with Gasteiger partial charge in [-0.2, -0.15) is 0 Å². The van der Waals surface area contributed by atoms with Crippen LogP contribution in [0.15, 0.2) is 0 Å². The first kappa shape index (κ1) is 11.6. The summed E-state index contributed by atoms with van der Waals surface area (Å²) in [4.78, 5) is 0. The molecular formula is BaO4S2. The van der Waals surface area contributed by atoms with Gasteiger partial charge in [0.2, 0.25) is 0 Å². The molecule has 0 saturated carbocycles. The van der Waals surface area contributed by atoms with Gasteiger partial charge in [-0.25, -0.2) is 0 Å². The molecule has 0 amide bonds. The number of hydrogen-bond donors (Lipinski definition) is 0. The van der Waals surface area contributed by atoms with Crippen molar-refractivity contribution in [3.05, 3.63) is 0 Å². The zero-order valence-electron chi connectivity index (χ0n) is 3.16. The molecular weight excluding hydrogens is 265 g/mol. The Hall–Kier alpha value is 1.79. The first-order valence-electron chi connectivity index (χ1n) is 0.833. The minimum atomic E-state index is -2.95. The van der Waals surface area contributed by atoms with E-state index >= 15 is 0 Å². The first-order chi connectivity index (χ1) is 2.64. The molecule has 0 aliphatic rings. The van der Waals surface area contributed by atoms with Gasteiger partial charge in [0.1, 0.15) is 0 Å². The molecule has 0 spiro atoms. The molecule has 0 N–H and O–H groups in total. The quantitative estimate of drug-likeness (QED) is 0.321. The van der Waals surface area contributed by atoms with Crippen molar-refractivity contribution >= 4 is 69.1 Å². The minimum Gasteiger partial charge on any atom is -0.763 e. The summed E-state index contributed by atoms with van der Waals surface area (Å²) < 4.78 is 36.3. The second-order valence-corrected chi connectivity index (χ2v) is 2.86. The largest absolute Gasteiger partial charge is 2.00 e. The van der Waals surface area contributed by atoms with E-state index in [2.05, 4.69) is 0 Å². The van der Waals surface area contributed by atoms with Crippen molar-refractivity contribution in [3.8, 4) is 0 Å². The fourth-order valence-electron chi connectivity index (χ4n) is 0. The molecule has 0 bridgehead atoms. The van der Waals surface area contributed by atoms with Gasteiger partial charge in [0.05, 0.1) is 0 Å². The van der Waals surface area contributed by atoms with Crippen LogP contribution in [0.25, 0.3) is 0 Å². The maximum Gasteiger partial charge on any atom is 2.00 e. The average Bonchev–Trinajstić information content (AvgIpc) is 1.36. The van der Waals surface area contributed by atoms with E-state index < -0.39 is 20.2 Å². The molecule has 0 fully saturated rings. The molecule has 38 valence electrons. The van der Waals surface area contributed by atoms with Crippen molar-refractivity contribution in [2.75, 3.05) is 0 Å². The van der Waals surface area contributed by atoms with E-state index in [1.54, 1.807) is 0 Å². The Morgan fingerprint density at radius 1 is 1.00 bits per heavy atom. The Balaban J connectivity index is 0. The molecule has 2 atom stereocenters. The normalized spacial score (nSPS) is 16.9. The van der Waals surface area contributed by atoms with Gasteiger partial charge in [-0.3, -0.25) is 8.42 Å². The van der Waals surface area contributed by atoms with E-state index in [9.17, 15) is 0 Å². The van der Waals surface area contributed by atoms with Gasteiger partial charge in [0, 0.05) is 20.2 Å². The molecule has 0 aromatic heterocycles. The van der Waals surface area contributed by atoms with E-state index in [0.29, 0.717) is 0 Å². The van der Waals surface area contributed by atoms with E-state index in [1.807, 2.05) is 0 Å². The van der Waals surface area contributed by atoms with Crippen LogP contribution in [0, 0.1) is 0 Å². The predicted octanol–water partition coefficient (Wildman–Crippen LogP) is -1.72. The first-order valence-corrected chi connectivity index (χ1v) is 3.50. The van der Waals surface area contributed by atoms with Gasteiger partial charge < -0.3 is 9.11 Å². The van der Waals surface area contributed by atoms with Crippen molar-refractivity contribution in [2.45, 2.75) is 0 Å². The second kappa shape index (κ2) is 5.92. The third-order valence-electron chi connectivity index (χ3n) is 0.111. The Morgan fingerprint density at radius 2 is 1.14 bits per heavy atom. The van der Waals surface area contributed by atoms with E-state index in [-0.39, 0.29) is 48.9 Å². The predicted molar refractivity (Wildman–Crippen MR) is 23.6 cm³/mol. The molecule has 7 heteroatoms. The van der Waals surface area contributed by atoms with Gasteiger partial charge in [0.25, 0.3) is 0 Å². The molecule has 0 aromatic carbocycles. The maximum atomic E-state index is 9.09. The van der Waals surface area contributed by atoms with E-state index in [0.717, 1.165) is 0 Å². The van der Waals surface area contributed by atoms with Crippen LogP contribution < -0.4 is 0 Å². The summed E-state index contributed by atoms with van der Waals surface area (Å²) in [6.45, 7) is 0. The van der Waals surface area contributed by atoms with Gasteiger partial charge in [0.15, 0.2) is 0 Å². The van der Waals surface area contributed by atoms with Crippen LogP contribution in [0.3, 0.4) is 0 Å². The molecule has 0 rings (SSSR count). The van der Waals surface area contributed by atoms with E-state index in [1.165, 1.54) is 0 Å². The van der Waals surface area contributed by atoms with Crippen LogP contribution >= 0.6 is 0 Å². The summed E-state index contributed by atoms with van der Waals surface area (Å²) in [7, 11) is -5.90. The summed E-state index contributed by atoms with van der Waals surface area (Å²) in [6.07, 6.45) is 0. The van der Waals surface area contributed by atoms with Gasteiger partial charge in [-0.1, -0.05) is 0 Å². The van der Waals surface area contributed by atoms with Crippen LogP contribution in [-0.2, 0) is 20.2 Å². The summed E-state index contributed by atoms with van der Waals surface area (Å²) in [6, 6.07) is 0. The van der Waals surface area contributed by atoms with Gasteiger partial charge >= 0.3 is 48.9 Å². The summed E-state index contributed by atoms with van der Waals surface area (Å²) >= 11 is 0. The smallest absolute Gasteiger partial charge is 0.763 e. The molecule has 0 aliphatic heterocycles. The maximum absolute atomic E-state index is 9.09. The molecule has 0 radical (unpaired) electrons. The Bertz CT molecular complexity index is 75.7. The third-order valence-corrected chi connectivity index (χ3v) is 1.00. The molecule has 0 aromatic rings. The number of hydrogen-bond acceptors (Lipinski definition) is 4. The molecule has 7 heavy (non-hydrogen) atoms. The van der Waals surface area contributed by atoms with Crippen LogP contribution in [0.5, 0.6) is 0 Å². The Morgan fingerprint density at radius 3 is 1.14 bits per heavy atom. The standard InChI is InChI=1S/Ba.H2O4S2/c;1-5(2)6(3)4/h;(H,1,2)(H,3,4)/q+2;/p-2. The topological polar surface area (TPSA) is 80.3 Å². The van der Waals surface area contributed by atoms with Crippen molar-refractivity contribution in [3.63, 3.8) is 0 Å². The molecule has 0 saturated heterocycles. The second-order valence-electron chi connectivity index (χ2n) is 0.408. The molecule has 2 unspecified atom stereocenters. The molecule has 0 heterocycles. The SMILES string of the molecule is O=S([O-])S(=O)[O-].[Ba+2]. The van der Waals surface area contributed by atoms with Crippen LogP contribution in [-0.4, -0.2) is 66.4 Å². The fraction of sp³-hybridized carbons (Fsp3) is 0. The molecule has 0 aliphatic carbocycles. The van der Waals surface area contributed by atoms with E-state index in [4.69, 9.17) is 17.5 Å². The summed E-state index contributed by atoms with van der Waals surface area (Å²) in [5.74, 6) is 0. The average molecular weight is 265 g/mol. The summed E-state index contributed by atoms with van der Waals surface area (Å²) in [5.41, 5.74) is 0. The molecule has 4 nitrogen and oxygen atoms in total. The monoisotopic (exact) mass is 266 g/mol. The van der Waals surface area contributed by atoms with Gasteiger partial charge in [-0.15, -0.1) is 0 Å². The van der Waals surface area contributed by atoms with Crippen LogP contribution in [0.2, 0.25) is 0 Å². The van der Waals surface area contributed by atoms with Crippen LogP contribution in [0.4, 0.5) is 0 Å². The third kappa shape index (κ3) is 7.79. The van der Waals surface area contributed by atoms with Crippen molar-refractivity contribution in [1.29, 1.82) is 0 Å².